The molecule has 7 rings (SSSR count). The number of aryl methyl sites for hydroxylation is 1. The van der Waals surface area contributed by atoms with E-state index in [1.807, 2.05) is 6.07 Å². The zero-order valence-corrected chi connectivity index (χ0v) is 21.8. The van der Waals surface area contributed by atoms with Crippen molar-refractivity contribution in [2.24, 2.45) is 0 Å². The number of fused-ring (bicyclic) bond motifs is 6. The second kappa shape index (κ2) is 8.82. The van der Waals surface area contributed by atoms with Crippen molar-refractivity contribution in [3.63, 3.8) is 0 Å². The van der Waals surface area contributed by atoms with E-state index in [0.717, 1.165) is 68.0 Å². The summed E-state index contributed by atoms with van der Waals surface area (Å²) in [5, 5.41) is 3.28. The topological polar surface area (TPSA) is 61.4 Å². The summed E-state index contributed by atoms with van der Waals surface area (Å²) in [5.41, 5.74) is 8.45. The van der Waals surface area contributed by atoms with E-state index in [-0.39, 0.29) is 5.97 Å². The summed E-state index contributed by atoms with van der Waals surface area (Å²) in [7, 11) is 1.39. The van der Waals surface area contributed by atoms with E-state index in [9.17, 15) is 4.79 Å². The number of rotatable bonds is 5. The van der Waals surface area contributed by atoms with Gasteiger partial charge in [0.2, 0.25) is 0 Å². The van der Waals surface area contributed by atoms with Gasteiger partial charge in [-0.1, -0.05) is 31.2 Å². The minimum Gasteiger partial charge on any atom is -0.465 e. The number of imidazole rings is 1. The Kier molecular flexibility index (Phi) is 5.26. The summed E-state index contributed by atoms with van der Waals surface area (Å²) in [6.45, 7) is 2.97. The third-order valence-corrected chi connectivity index (χ3v) is 7.91. The molecule has 0 bridgehead atoms. The van der Waals surface area contributed by atoms with Crippen molar-refractivity contribution in [2.45, 2.75) is 19.9 Å². The van der Waals surface area contributed by atoms with E-state index >= 15 is 0 Å². The van der Waals surface area contributed by atoms with Gasteiger partial charge in [-0.25, -0.2) is 14.8 Å². The summed E-state index contributed by atoms with van der Waals surface area (Å²) in [4.78, 5) is 23.4. The molecule has 0 unspecified atom stereocenters. The van der Waals surface area contributed by atoms with Crippen LogP contribution in [0.4, 0.5) is 0 Å². The van der Waals surface area contributed by atoms with Crippen molar-refractivity contribution in [1.29, 1.82) is 0 Å². The number of hydrogen-bond donors (Lipinski definition) is 0. The molecule has 0 radical (unpaired) electrons. The van der Waals surface area contributed by atoms with Crippen molar-refractivity contribution in [2.75, 3.05) is 7.11 Å². The number of esters is 1. The summed E-state index contributed by atoms with van der Waals surface area (Å²) >= 11 is 1.70. The van der Waals surface area contributed by atoms with Crippen LogP contribution in [0.3, 0.4) is 0 Å². The predicted molar refractivity (Wildman–Crippen MR) is 154 cm³/mol. The number of nitrogens with zero attached hydrogens (tertiary/aromatic N) is 4. The lowest BCUT2D eigenvalue weighted by molar-refractivity contribution is 0.0601. The Morgan fingerprint density at radius 3 is 2.53 bits per heavy atom. The van der Waals surface area contributed by atoms with Crippen molar-refractivity contribution in [1.82, 2.24) is 18.9 Å². The molecule has 4 aromatic heterocycles. The zero-order chi connectivity index (χ0) is 25.8. The van der Waals surface area contributed by atoms with E-state index in [1.165, 1.54) is 12.5 Å². The lowest BCUT2D eigenvalue weighted by atomic mass is 10.1. The van der Waals surface area contributed by atoms with Crippen LogP contribution >= 0.6 is 11.3 Å². The van der Waals surface area contributed by atoms with Crippen molar-refractivity contribution >= 4 is 55.8 Å². The molecule has 0 fully saturated rings. The van der Waals surface area contributed by atoms with E-state index in [0.29, 0.717) is 5.56 Å². The van der Waals surface area contributed by atoms with Gasteiger partial charge in [0, 0.05) is 17.5 Å². The highest BCUT2D eigenvalue weighted by Crippen LogP contribution is 2.35. The van der Waals surface area contributed by atoms with Crippen LogP contribution in [-0.2, 0) is 11.3 Å². The highest BCUT2D eigenvalue weighted by atomic mass is 32.1. The zero-order valence-electron chi connectivity index (χ0n) is 21.0. The highest BCUT2D eigenvalue weighted by molar-refractivity contribution is 7.13. The van der Waals surface area contributed by atoms with Gasteiger partial charge in [0.25, 0.3) is 0 Å². The molecule has 7 heteroatoms. The van der Waals surface area contributed by atoms with Gasteiger partial charge in [-0.3, -0.25) is 0 Å². The number of carbonyl (C=O) groups excluding carboxylic acids is 1. The molecule has 0 amide bonds. The summed E-state index contributed by atoms with van der Waals surface area (Å²) in [6, 6.07) is 26.8. The second-order valence-corrected chi connectivity index (χ2v) is 10.3. The predicted octanol–water partition coefficient (Wildman–Crippen LogP) is 7.58. The van der Waals surface area contributed by atoms with Gasteiger partial charge in [-0.05, 0) is 66.4 Å². The number of benzene rings is 3. The molecule has 0 saturated heterocycles. The van der Waals surface area contributed by atoms with E-state index < -0.39 is 0 Å². The molecule has 0 aliphatic rings. The van der Waals surface area contributed by atoms with Crippen molar-refractivity contribution < 1.29 is 9.53 Å². The molecule has 0 aliphatic carbocycles. The first-order chi connectivity index (χ1) is 18.7. The minimum atomic E-state index is -0.363. The highest BCUT2D eigenvalue weighted by Gasteiger charge is 2.18. The standard InChI is InChI=1S/C31H24N4O2S/c1-3-14-34-25-12-11-21(31(36)37-2)17-22(25)33-30(34)20-10-13-26-23(16-20)32-29(28-9-6-15-38-28)27-18-19-7-4-5-8-24(19)35(26)27/h4-13,15-18H,3,14H2,1-2H3. The average Bonchev–Trinajstić information content (AvgIpc) is 3.70. The monoisotopic (exact) mass is 516 g/mol. The van der Waals surface area contributed by atoms with E-state index in [4.69, 9.17) is 14.7 Å². The molecule has 0 aliphatic heterocycles. The number of thiophene rings is 1. The van der Waals surface area contributed by atoms with Gasteiger partial charge in [0.15, 0.2) is 0 Å². The molecule has 38 heavy (non-hydrogen) atoms. The first kappa shape index (κ1) is 22.7. The Balaban J connectivity index is 1.50. The maximum atomic E-state index is 12.1. The molecular weight excluding hydrogens is 492 g/mol. The Hall–Kier alpha value is -4.49. The van der Waals surface area contributed by atoms with Gasteiger partial charge in [-0.2, -0.15) is 0 Å². The maximum absolute atomic E-state index is 12.1. The number of aromatic nitrogens is 4. The fourth-order valence-corrected chi connectivity index (χ4v) is 6.07. The van der Waals surface area contributed by atoms with Gasteiger partial charge in [-0.15, -0.1) is 11.3 Å². The number of hydrogen-bond acceptors (Lipinski definition) is 5. The quantitative estimate of drug-likeness (QED) is 0.221. The first-order valence-electron chi connectivity index (χ1n) is 12.6. The smallest absolute Gasteiger partial charge is 0.337 e. The fourth-order valence-electron chi connectivity index (χ4n) is 5.35. The fraction of sp³-hybridized carbons (Fsp3) is 0.129. The molecule has 0 N–H and O–H groups in total. The average molecular weight is 517 g/mol. The third kappa shape index (κ3) is 3.43. The number of ether oxygens (including phenoxy) is 1. The van der Waals surface area contributed by atoms with Crippen molar-refractivity contribution in [3.05, 3.63) is 89.8 Å². The van der Waals surface area contributed by atoms with Crippen LogP contribution < -0.4 is 0 Å². The molecule has 0 saturated carbocycles. The van der Waals surface area contributed by atoms with Gasteiger partial charge in [0.05, 0.1) is 50.7 Å². The molecule has 186 valence electrons. The Morgan fingerprint density at radius 2 is 1.71 bits per heavy atom. The summed E-state index contributed by atoms with van der Waals surface area (Å²) < 4.78 is 9.46. The van der Waals surface area contributed by atoms with Crippen LogP contribution in [0.2, 0.25) is 0 Å². The van der Waals surface area contributed by atoms with Gasteiger partial charge in [0.1, 0.15) is 11.5 Å². The van der Waals surface area contributed by atoms with Crippen molar-refractivity contribution in [3.8, 4) is 22.0 Å². The molecular formula is C31H24N4O2S. The van der Waals surface area contributed by atoms with Crippen LogP contribution in [0.15, 0.2) is 84.2 Å². The summed E-state index contributed by atoms with van der Waals surface area (Å²) in [6.07, 6.45) is 0.960. The minimum absolute atomic E-state index is 0.363. The Bertz CT molecular complexity index is 2000. The van der Waals surface area contributed by atoms with E-state index in [2.05, 4.69) is 81.9 Å². The second-order valence-electron chi connectivity index (χ2n) is 9.35. The van der Waals surface area contributed by atoms with Crippen LogP contribution in [0, 0.1) is 0 Å². The third-order valence-electron chi connectivity index (χ3n) is 7.03. The van der Waals surface area contributed by atoms with Gasteiger partial charge >= 0.3 is 5.97 Å². The molecule has 0 atom stereocenters. The van der Waals surface area contributed by atoms with Crippen LogP contribution in [0.1, 0.15) is 23.7 Å². The normalized spacial score (nSPS) is 11.7. The van der Waals surface area contributed by atoms with Gasteiger partial charge < -0.3 is 13.7 Å². The molecule has 7 aromatic rings. The lowest BCUT2D eigenvalue weighted by Gasteiger charge is -2.11. The number of para-hydroxylation sites is 1. The van der Waals surface area contributed by atoms with Crippen LogP contribution in [0.5, 0.6) is 0 Å². The molecule has 0 spiro atoms. The lowest BCUT2D eigenvalue weighted by Crippen LogP contribution is -2.02. The van der Waals surface area contributed by atoms with Crippen LogP contribution in [0.25, 0.3) is 60.4 Å². The number of methoxy groups -OCH3 is 1. The summed E-state index contributed by atoms with van der Waals surface area (Å²) in [5.74, 6) is 0.500. The molecule has 3 aromatic carbocycles. The van der Waals surface area contributed by atoms with Crippen LogP contribution in [-0.4, -0.2) is 32.0 Å². The van der Waals surface area contributed by atoms with E-state index in [1.54, 1.807) is 23.5 Å². The Morgan fingerprint density at radius 1 is 0.868 bits per heavy atom. The maximum Gasteiger partial charge on any atom is 0.337 e. The number of carbonyl (C=O) groups is 1. The SMILES string of the molecule is CCCn1c(-c2ccc3c(c2)nc(-c2cccs2)c2cc4ccccc4n23)nc2cc(C(=O)OC)ccc21. The Labute approximate surface area is 222 Å². The first-order valence-corrected chi connectivity index (χ1v) is 13.5. The molecule has 6 nitrogen and oxygen atoms in total. The largest absolute Gasteiger partial charge is 0.465 e. The molecule has 4 heterocycles.